The maximum absolute atomic E-state index is 12.0. The molecule has 1 heterocycles. The molecule has 2 rings (SSSR count). The molecular weight excluding hydrogens is 274 g/mol. The van der Waals surface area contributed by atoms with Crippen LogP contribution < -0.4 is 10.1 Å². The van der Waals surface area contributed by atoms with Crippen LogP contribution in [0.5, 0.6) is 5.75 Å². The van der Waals surface area contributed by atoms with E-state index in [-0.39, 0.29) is 19.1 Å². The third-order valence-electron chi connectivity index (χ3n) is 2.86. The number of hydrogen-bond acceptors (Lipinski definition) is 4. The summed E-state index contributed by atoms with van der Waals surface area (Å²) in [5, 5.41) is 15.5. The summed E-state index contributed by atoms with van der Waals surface area (Å²) in [5.41, 5.74) is 2.59. The summed E-state index contributed by atoms with van der Waals surface area (Å²) in [6, 6.07) is 7.48. The first kappa shape index (κ1) is 14.6. The van der Waals surface area contributed by atoms with Gasteiger partial charge in [0, 0.05) is 17.5 Å². The second-order valence-corrected chi connectivity index (χ2v) is 5.07. The fourth-order valence-electron chi connectivity index (χ4n) is 1.81. The van der Waals surface area contributed by atoms with E-state index >= 15 is 0 Å². The molecule has 0 aliphatic carbocycles. The van der Waals surface area contributed by atoms with Crippen molar-refractivity contribution in [1.82, 2.24) is 5.32 Å². The largest absolute Gasteiger partial charge is 0.491 e. The number of ether oxygens (including phenoxy) is 1. The Morgan fingerprint density at radius 2 is 2.15 bits per heavy atom. The second kappa shape index (κ2) is 7.07. The van der Waals surface area contributed by atoms with Gasteiger partial charge in [0.1, 0.15) is 12.4 Å². The summed E-state index contributed by atoms with van der Waals surface area (Å²) in [6.45, 7) is 2.53. The molecule has 0 saturated heterocycles. The minimum Gasteiger partial charge on any atom is -0.491 e. The van der Waals surface area contributed by atoms with Crippen LogP contribution in [0.3, 0.4) is 0 Å². The van der Waals surface area contributed by atoms with Gasteiger partial charge in [-0.1, -0.05) is 18.2 Å². The van der Waals surface area contributed by atoms with Crippen LogP contribution in [0.1, 0.15) is 21.5 Å². The molecule has 1 aromatic carbocycles. The van der Waals surface area contributed by atoms with Gasteiger partial charge in [-0.25, -0.2) is 0 Å². The molecule has 0 aliphatic heterocycles. The molecule has 1 amide bonds. The van der Waals surface area contributed by atoms with Crippen molar-refractivity contribution in [1.29, 1.82) is 0 Å². The zero-order valence-corrected chi connectivity index (χ0v) is 12.1. The highest BCUT2D eigenvalue weighted by atomic mass is 32.1. The highest BCUT2D eigenvalue weighted by Crippen LogP contribution is 2.18. The van der Waals surface area contributed by atoms with Gasteiger partial charge in [-0.2, -0.15) is 11.3 Å². The van der Waals surface area contributed by atoms with E-state index in [1.165, 1.54) is 11.3 Å². The number of aliphatic hydroxyl groups excluding tert-OH is 1. The van der Waals surface area contributed by atoms with Gasteiger partial charge in [0.15, 0.2) is 0 Å². The van der Waals surface area contributed by atoms with E-state index in [0.29, 0.717) is 17.9 Å². The van der Waals surface area contributed by atoms with E-state index in [1.807, 2.05) is 41.9 Å². The van der Waals surface area contributed by atoms with Crippen LogP contribution in [0.2, 0.25) is 0 Å². The average molecular weight is 291 g/mol. The summed E-state index contributed by atoms with van der Waals surface area (Å²) in [6.07, 6.45) is 0. The number of rotatable bonds is 6. The van der Waals surface area contributed by atoms with Gasteiger partial charge < -0.3 is 15.2 Å². The van der Waals surface area contributed by atoms with E-state index in [2.05, 4.69) is 5.32 Å². The minimum absolute atomic E-state index is 0.0329. The van der Waals surface area contributed by atoms with Gasteiger partial charge in [0.05, 0.1) is 12.2 Å². The Kier molecular flexibility index (Phi) is 5.15. The quantitative estimate of drug-likeness (QED) is 0.859. The summed E-state index contributed by atoms with van der Waals surface area (Å²) in [5.74, 6) is 0.601. The molecule has 106 valence electrons. The van der Waals surface area contributed by atoms with Crippen LogP contribution in [-0.4, -0.2) is 24.2 Å². The van der Waals surface area contributed by atoms with E-state index in [1.54, 1.807) is 0 Å². The van der Waals surface area contributed by atoms with Crippen molar-refractivity contribution in [3.8, 4) is 5.75 Å². The molecule has 0 unspecified atom stereocenters. The Labute approximate surface area is 122 Å². The van der Waals surface area contributed by atoms with Crippen LogP contribution in [0.4, 0.5) is 0 Å². The molecule has 0 fully saturated rings. The molecule has 5 heteroatoms. The average Bonchev–Trinajstić information content (AvgIpc) is 2.89. The zero-order valence-electron chi connectivity index (χ0n) is 11.3. The lowest BCUT2D eigenvalue weighted by atomic mass is 10.1. The standard InChI is InChI=1S/C15H17NO3S/c1-11-9-20-10-13(11)15(18)16-8-12-4-2-3-5-14(12)19-7-6-17/h2-5,9-10,17H,6-8H2,1H3,(H,16,18). The maximum atomic E-state index is 12.0. The normalized spacial score (nSPS) is 10.3. The van der Waals surface area contributed by atoms with Crippen LogP contribution in [0, 0.1) is 6.92 Å². The van der Waals surface area contributed by atoms with Crippen molar-refractivity contribution in [2.24, 2.45) is 0 Å². The fraction of sp³-hybridized carbons (Fsp3) is 0.267. The fourth-order valence-corrected chi connectivity index (χ4v) is 2.64. The van der Waals surface area contributed by atoms with Crippen molar-refractivity contribution in [2.75, 3.05) is 13.2 Å². The van der Waals surface area contributed by atoms with E-state index in [4.69, 9.17) is 9.84 Å². The molecule has 0 radical (unpaired) electrons. The number of carbonyl (C=O) groups is 1. The van der Waals surface area contributed by atoms with Crippen LogP contribution >= 0.6 is 11.3 Å². The summed E-state index contributed by atoms with van der Waals surface area (Å²) in [7, 11) is 0. The first-order valence-electron chi connectivity index (χ1n) is 6.35. The van der Waals surface area contributed by atoms with E-state index in [0.717, 1.165) is 11.1 Å². The molecule has 2 N–H and O–H groups in total. The molecule has 2 aromatic rings. The van der Waals surface area contributed by atoms with Gasteiger partial charge in [0.25, 0.3) is 5.91 Å². The smallest absolute Gasteiger partial charge is 0.252 e. The highest BCUT2D eigenvalue weighted by Gasteiger charge is 2.10. The summed E-state index contributed by atoms with van der Waals surface area (Å²) >= 11 is 1.52. The number of hydrogen-bond donors (Lipinski definition) is 2. The van der Waals surface area contributed by atoms with Crippen molar-refractivity contribution in [2.45, 2.75) is 13.5 Å². The van der Waals surface area contributed by atoms with Crippen molar-refractivity contribution >= 4 is 17.2 Å². The SMILES string of the molecule is Cc1cscc1C(=O)NCc1ccccc1OCCO. The molecular formula is C15H17NO3S. The lowest BCUT2D eigenvalue weighted by Gasteiger charge is -2.11. The molecule has 0 spiro atoms. The van der Waals surface area contributed by atoms with Crippen molar-refractivity contribution in [3.63, 3.8) is 0 Å². The van der Waals surface area contributed by atoms with Gasteiger partial charge >= 0.3 is 0 Å². The van der Waals surface area contributed by atoms with Crippen molar-refractivity contribution < 1.29 is 14.6 Å². The zero-order chi connectivity index (χ0) is 14.4. The van der Waals surface area contributed by atoms with Crippen LogP contribution in [-0.2, 0) is 6.54 Å². The third kappa shape index (κ3) is 3.59. The molecule has 0 saturated carbocycles. The molecule has 0 aliphatic rings. The Morgan fingerprint density at radius 1 is 1.35 bits per heavy atom. The molecule has 1 aromatic heterocycles. The molecule has 20 heavy (non-hydrogen) atoms. The Morgan fingerprint density at radius 3 is 2.85 bits per heavy atom. The Hall–Kier alpha value is -1.85. The molecule has 0 bridgehead atoms. The molecule has 0 atom stereocenters. The van der Waals surface area contributed by atoms with Gasteiger partial charge in [-0.05, 0) is 23.9 Å². The number of aryl methyl sites for hydroxylation is 1. The van der Waals surface area contributed by atoms with Gasteiger partial charge in [0.2, 0.25) is 0 Å². The van der Waals surface area contributed by atoms with Gasteiger partial charge in [-0.3, -0.25) is 4.79 Å². The lowest BCUT2D eigenvalue weighted by Crippen LogP contribution is -2.23. The van der Waals surface area contributed by atoms with Crippen LogP contribution in [0.25, 0.3) is 0 Å². The number of thiophene rings is 1. The number of carbonyl (C=O) groups excluding carboxylic acids is 1. The first-order chi connectivity index (χ1) is 9.72. The minimum atomic E-state index is -0.0827. The third-order valence-corrected chi connectivity index (χ3v) is 3.72. The summed E-state index contributed by atoms with van der Waals surface area (Å²) < 4.78 is 5.43. The number of amides is 1. The van der Waals surface area contributed by atoms with E-state index in [9.17, 15) is 4.79 Å². The lowest BCUT2D eigenvalue weighted by molar-refractivity contribution is 0.0950. The predicted molar refractivity (Wildman–Crippen MR) is 79.2 cm³/mol. The van der Waals surface area contributed by atoms with Crippen molar-refractivity contribution in [3.05, 3.63) is 51.7 Å². The Bertz CT molecular complexity index is 580. The Balaban J connectivity index is 2.00. The van der Waals surface area contributed by atoms with E-state index < -0.39 is 0 Å². The number of aliphatic hydroxyl groups is 1. The summed E-state index contributed by atoms with van der Waals surface area (Å²) in [4.78, 5) is 12.0. The topological polar surface area (TPSA) is 58.6 Å². The number of para-hydroxylation sites is 1. The number of nitrogens with one attached hydrogen (secondary N) is 1. The van der Waals surface area contributed by atoms with Gasteiger partial charge in [-0.15, -0.1) is 0 Å². The predicted octanol–water partition coefficient (Wildman–Crippen LogP) is 2.36. The first-order valence-corrected chi connectivity index (χ1v) is 7.29. The number of benzene rings is 1. The highest BCUT2D eigenvalue weighted by molar-refractivity contribution is 7.08. The second-order valence-electron chi connectivity index (χ2n) is 4.33. The monoisotopic (exact) mass is 291 g/mol. The molecule has 4 nitrogen and oxygen atoms in total. The van der Waals surface area contributed by atoms with Crippen LogP contribution in [0.15, 0.2) is 35.0 Å². The maximum Gasteiger partial charge on any atom is 0.252 e.